The van der Waals surface area contributed by atoms with E-state index in [1.165, 1.54) is 17.4 Å². The van der Waals surface area contributed by atoms with Crippen molar-refractivity contribution in [1.82, 2.24) is 25.5 Å². The average Bonchev–Trinajstić information content (AvgIpc) is 3.51. The topological polar surface area (TPSA) is 235 Å². The van der Waals surface area contributed by atoms with E-state index in [0.717, 1.165) is 0 Å². The number of carbonyl (C=O) groups is 4. The predicted octanol–water partition coefficient (Wildman–Crippen LogP) is -1.97. The molecule has 0 radical (unpaired) electrons. The molecule has 2 rings (SSSR count). The van der Waals surface area contributed by atoms with Gasteiger partial charge in [0.05, 0.1) is 12.4 Å². The highest BCUT2D eigenvalue weighted by Gasteiger charge is 2.38. The van der Waals surface area contributed by atoms with Crippen LogP contribution >= 0.6 is 0 Å². The van der Waals surface area contributed by atoms with Crippen LogP contribution in [-0.2, 0) is 25.6 Å². The van der Waals surface area contributed by atoms with Crippen molar-refractivity contribution in [2.75, 3.05) is 13.1 Å². The first-order valence-electron chi connectivity index (χ1n) is 11.9. The smallest absolute Gasteiger partial charge is 0.326 e. The van der Waals surface area contributed by atoms with Crippen LogP contribution in [-0.4, -0.2) is 86.9 Å². The van der Waals surface area contributed by atoms with Crippen LogP contribution < -0.4 is 27.8 Å². The summed E-state index contributed by atoms with van der Waals surface area (Å²) < 4.78 is 0. The summed E-state index contributed by atoms with van der Waals surface area (Å²) in [5.74, 6) is -2.99. The lowest BCUT2D eigenvalue weighted by Gasteiger charge is -2.29. The van der Waals surface area contributed by atoms with Gasteiger partial charge in [0.2, 0.25) is 17.7 Å². The van der Waals surface area contributed by atoms with Gasteiger partial charge in [0, 0.05) is 31.4 Å². The van der Waals surface area contributed by atoms with E-state index in [9.17, 15) is 24.3 Å². The number of rotatable bonds is 13. The normalized spacial score (nSPS) is 17.8. The fourth-order valence-corrected chi connectivity index (χ4v) is 3.92. The van der Waals surface area contributed by atoms with E-state index in [2.05, 4.69) is 25.6 Å². The number of aromatic nitrogens is 2. The van der Waals surface area contributed by atoms with Crippen molar-refractivity contribution in [1.29, 1.82) is 0 Å². The third-order valence-electron chi connectivity index (χ3n) is 6.01. The molecule has 2 heterocycles. The standard InChI is InChI=1S/C22H37N9O5/c1-12(2)17(23)19(33)30-15(9-13-10-26-11-28-13)18(32)29-14(5-3-7-27-22(24)25)20(34)31-8-4-6-16(31)21(35)36/h10-12,14-17H,3-9,23H2,1-2H3,(H,26,28)(H,29,32)(H,30,33)(H,35,36)(H4,24,25,27). The van der Waals surface area contributed by atoms with Crippen LogP contribution in [0.4, 0.5) is 0 Å². The Bertz CT molecular complexity index is 930. The number of carboxylic acids is 1. The number of imidazole rings is 1. The van der Waals surface area contributed by atoms with Crippen LogP contribution in [0.5, 0.6) is 0 Å². The summed E-state index contributed by atoms with van der Waals surface area (Å²) >= 11 is 0. The number of guanidine groups is 1. The maximum absolute atomic E-state index is 13.3. The number of hydrogen-bond acceptors (Lipinski definition) is 7. The highest BCUT2D eigenvalue weighted by molar-refractivity contribution is 5.94. The Morgan fingerprint density at radius 2 is 1.92 bits per heavy atom. The summed E-state index contributed by atoms with van der Waals surface area (Å²) in [5, 5.41) is 14.9. The van der Waals surface area contributed by atoms with Crippen molar-refractivity contribution < 1.29 is 24.3 Å². The van der Waals surface area contributed by atoms with E-state index >= 15 is 0 Å². The van der Waals surface area contributed by atoms with E-state index in [1.54, 1.807) is 13.8 Å². The Hall–Kier alpha value is -3.68. The molecule has 14 heteroatoms. The molecule has 4 atom stereocenters. The largest absolute Gasteiger partial charge is 0.480 e. The van der Waals surface area contributed by atoms with Gasteiger partial charge >= 0.3 is 5.97 Å². The number of hydrogen-bond donors (Lipinski definition) is 7. The first-order chi connectivity index (χ1) is 17.0. The molecule has 0 saturated carbocycles. The Balaban J connectivity index is 2.22. The van der Waals surface area contributed by atoms with Gasteiger partial charge in [-0.15, -0.1) is 0 Å². The maximum atomic E-state index is 13.3. The quantitative estimate of drug-likeness (QED) is 0.0889. The maximum Gasteiger partial charge on any atom is 0.326 e. The molecule has 3 amide bonds. The first-order valence-corrected chi connectivity index (χ1v) is 11.9. The van der Waals surface area contributed by atoms with Crippen LogP contribution in [0.25, 0.3) is 0 Å². The fourth-order valence-electron chi connectivity index (χ4n) is 3.92. The lowest BCUT2D eigenvalue weighted by molar-refractivity contribution is -0.149. The van der Waals surface area contributed by atoms with Crippen molar-refractivity contribution in [2.45, 2.75) is 70.1 Å². The van der Waals surface area contributed by atoms with Crippen LogP contribution in [0.1, 0.15) is 45.2 Å². The number of aliphatic imine (C=N–C) groups is 1. The minimum atomic E-state index is -1.10. The molecule has 1 aliphatic rings. The summed E-state index contributed by atoms with van der Waals surface area (Å²) in [4.78, 5) is 62.9. The minimum Gasteiger partial charge on any atom is -0.480 e. The predicted molar refractivity (Wildman–Crippen MR) is 131 cm³/mol. The second-order valence-corrected chi connectivity index (χ2v) is 9.15. The zero-order valence-corrected chi connectivity index (χ0v) is 20.6. The van der Waals surface area contributed by atoms with Gasteiger partial charge < -0.3 is 42.8 Å². The van der Waals surface area contributed by atoms with E-state index in [1.807, 2.05) is 0 Å². The zero-order chi connectivity index (χ0) is 26.8. The molecule has 14 nitrogen and oxygen atoms in total. The Morgan fingerprint density at radius 1 is 1.22 bits per heavy atom. The molecule has 1 saturated heterocycles. The number of carboxylic acid groups (broad SMARTS) is 1. The second-order valence-electron chi connectivity index (χ2n) is 9.15. The van der Waals surface area contributed by atoms with Crippen LogP contribution in [0, 0.1) is 5.92 Å². The molecule has 1 aliphatic heterocycles. The van der Waals surface area contributed by atoms with E-state index in [4.69, 9.17) is 17.2 Å². The van der Waals surface area contributed by atoms with Crippen molar-refractivity contribution >= 4 is 29.7 Å². The highest BCUT2D eigenvalue weighted by Crippen LogP contribution is 2.20. The lowest BCUT2D eigenvalue weighted by atomic mass is 10.0. The monoisotopic (exact) mass is 507 g/mol. The van der Waals surface area contributed by atoms with Gasteiger partial charge in [0.1, 0.15) is 18.1 Å². The number of nitrogens with zero attached hydrogens (tertiary/aromatic N) is 3. The molecule has 36 heavy (non-hydrogen) atoms. The molecule has 0 bridgehead atoms. The number of likely N-dealkylation sites (tertiary alicyclic amines) is 1. The van der Waals surface area contributed by atoms with Gasteiger partial charge in [0.25, 0.3) is 0 Å². The molecule has 1 aromatic heterocycles. The van der Waals surface area contributed by atoms with E-state index < -0.39 is 47.9 Å². The molecule has 0 aromatic carbocycles. The summed E-state index contributed by atoms with van der Waals surface area (Å²) in [6.07, 6.45) is 4.45. The van der Waals surface area contributed by atoms with Gasteiger partial charge in [0.15, 0.2) is 5.96 Å². The van der Waals surface area contributed by atoms with Gasteiger partial charge in [-0.2, -0.15) is 0 Å². The van der Waals surface area contributed by atoms with Gasteiger partial charge in [-0.05, 0) is 31.6 Å². The molecule has 10 N–H and O–H groups in total. The van der Waals surface area contributed by atoms with Crippen molar-refractivity contribution in [3.8, 4) is 0 Å². The van der Waals surface area contributed by atoms with Crippen LogP contribution in [0.2, 0.25) is 0 Å². The highest BCUT2D eigenvalue weighted by atomic mass is 16.4. The number of nitrogens with two attached hydrogens (primary N) is 3. The Morgan fingerprint density at radius 3 is 2.50 bits per heavy atom. The summed E-state index contributed by atoms with van der Waals surface area (Å²) in [5.41, 5.74) is 17.3. The molecule has 1 aromatic rings. The number of carbonyl (C=O) groups excluding carboxylic acids is 3. The first kappa shape index (κ1) is 28.6. The molecule has 1 fully saturated rings. The molecular formula is C22H37N9O5. The number of amides is 3. The number of aliphatic carboxylic acids is 1. The second kappa shape index (κ2) is 13.4. The van der Waals surface area contributed by atoms with Crippen molar-refractivity contribution in [2.24, 2.45) is 28.1 Å². The zero-order valence-electron chi connectivity index (χ0n) is 20.6. The molecule has 0 aliphatic carbocycles. The van der Waals surface area contributed by atoms with Crippen LogP contribution in [0.15, 0.2) is 17.5 Å². The number of aromatic amines is 1. The van der Waals surface area contributed by atoms with Gasteiger partial charge in [-0.3, -0.25) is 19.4 Å². The molecule has 0 spiro atoms. The number of H-pyrrole nitrogens is 1. The molecule has 4 unspecified atom stereocenters. The van der Waals surface area contributed by atoms with E-state index in [0.29, 0.717) is 25.0 Å². The third-order valence-corrected chi connectivity index (χ3v) is 6.01. The van der Waals surface area contributed by atoms with Gasteiger partial charge in [-0.1, -0.05) is 13.8 Å². The van der Waals surface area contributed by atoms with Crippen molar-refractivity contribution in [3.63, 3.8) is 0 Å². The van der Waals surface area contributed by atoms with Gasteiger partial charge in [-0.25, -0.2) is 9.78 Å². The summed E-state index contributed by atoms with van der Waals surface area (Å²) in [6.45, 7) is 4.07. The minimum absolute atomic E-state index is 0.0821. The van der Waals surface area contributed by atoms with E-state index in [-0.39, 0.29) is 37.8 Å². The van der Waals surface area contributed by atoms with Crippen molar-refractivity contribution in [3.05, 3.63) is 18.2 Å². The third kappa shape index (κ3) is 8.22. The SMILES string of the molecule is CC(C)C(N)C(=O)NC(Cc1cnc[nH]1)C(=O)NC(CCCN=C(N)N)C(=O)N1CCCC1C(=O)O. The lowest BCUT2D eigenvalue weighted by Crippen LogP contribution is -2.58. The molecule has 200 valence electrons. The Labute approximate surface area is 209 Å². The van der Waals surface area contributed by atoms with Crippen LogP contribution in [0.3, 0.4) is 0 Å². The molecular weight excluding hydrogens is 470 g/mol. The summed E-state index contributed by atoms with van der Waals surface area (Å²) in [7, 11) is 0. The fraction of sp³-hybridized carbons (Fsp3) is 0.636. The summed E-state index contributed by atoms with van der Waals surface area (Å²) in [6, 6.07) is -3.88. The average molecular weight is 508 g/mol. The number of nitrogens with one attached hydrogen (secondary N) is 3. The Kier molecular flexibility index (Phi) is 10.6.